The molecule has 0 spiro atoms. The van der Waals surface area contributed by atoms with Gasteiger partial charge in [0.15, 0.2) is 0 Å². The van der Waals surface area contributed by atoms with Gasteiger partial charge in [-0.25, -0.2) is 0 Å². The molecule has 4 heteroatoms. The van der Waals surface area contributed by atoms with Gasteiger partial charge < -0.3 is 14.7 Å². The molecule has 4 atom stereocenters. The van der Waals surface area contributed by atoms with Gasteiger partial charge in [0.2, 0.25) is 0 Å². The second kappa shape index (κ2) is 5.92. The zero-order valence-electron chi connectivity index (χ0n) is 13.6. The number of nitrogens with zero attached hydrogens (tertiary/aromatic N) is 1. The van der Waals surface area contributed by atoms with Gasteiger partial charge in [-0.15, -0.1) is 0 Å². The van der Waals surface area contributed by atoms with Crippen molar-refractivity contribution in [2.75, 3.05) is 14.2 Å². The SMILES string of the molecule is COc1ccc(C(=O)N(C)C2C[C@H]3CC(O)C[C@H]3C2)cc1C. The Labute approximate surface area is 132 Å². The van der Waals surface area contributed by atoms with Crippen molar-refractivity contribution in [1.82, 2.24) is 4.90 Å². The molecule has 0 radical (unpaired) electrons. The van der Waals surface area contributed by atoms with Crippen LogP contribution in [-0.2, 0) is 0 Å². The molecular weight excluding hydrogens is 278 g/mol. The zero-order valence-corrected chi connectivity index (χ0v) is 13.6. The molecule has 2 saturated carbocycles. The summed E-state index contributed by atoms with van der Waals surface area (Å²) in [7, 11) is 3.55. The number of fused-ring (bicyclic) bond motifs is 1. The summed E-state index contributed by atoms with van der Waals surface area (Å²) in [6.45, 7) is 1.96. The van der Waals surface area contributed by atoms with E-state index >= 15 is 0 Å². The Morgan fingerprint density at radius 1 is 1.23 bits per heavy atom. The third-order valence-corrected chi connectivity index (χ3v) is 5.48. The number of amides is 1. The molecule has 2 fully saturated rings. The maximum absolute atomic E-state index is 12.7. The highest BCUT2D eigenvalue weighted by Gasteiger charge is 2.43. The molecule has 3 rings (SSSR count). The second-order valence-electron chi connectivity index (χ2n) is 6.87. The van der Waals surface area contributed by atoms with Crippen LogP contribution in [0.1, 0.15) is 41.6 Å². The Balaban J connectivity index is 1.69. The monoisotopic (exact) mass is 303 g/mol. The summed E-state index contributed by atoms with van der Waals surface area (Å²) in [4.78, 5) is 14.6. The predicted octanol–water partition coefficient (Wildman–Crippen LogP) is 2.63. The Kier molecular flexibility index (Phi) is 4.13. The third-order valence-electron chi connectivity index (χ3n) is 5.48. The van der Waals surface area contributed by atoms with Gasteiger partial charge in [0, 0.05) is 18.7 Å². The number of carbonyl (C=O) groups excluding carboxylic acids is 1. The molecule has 1 aromatic carbocycles. The first-order valence-electron chi connectivity index (χ1n) is 8.09. The van der Waals surface area contributed by atoms with Crippen molar-refractivity contribution >= 4 is 5.91 Å². The van der Waals surface area contributed by atoms with E-state index in [1.807, 2.05) is 37.1 Å². The van der Waals surface area contributed by atoms with Crippen LogP contribution in [0.4, 0.5) is 0 Å². The van der Waals surface area contributed by atoms with E-state index in [2.05, 4.69) is 0 Å². The van der Waals surface area contributed by atoms with Crippen LogP contribution >= 0.6 is 0 Å². The number of benzene rings is 1. The lowest BCUT2D eigenvalue weighted by Gasteiger charge is -2.26. The third kappa shape index (κ3) is 2.72. The summed E-state index contributed by atoms with van der Waals surface area (Å²) in [5.74, 6) is 2.07. The zero-order chi connectivity index (χ0) is 15.9. The van der Waals surface area contributed by atoms with E-state index < -0.39 is 0 Å². The molecule has 0 saturated heterocycles. The lowest BCUT2D eigenvalue weighted by atomic mass is 10.0. The fourth-order valence-electron chi connectivity index (χ4n) is 4.25. The maximum atomic E-state index is 12.7. The number of hydrogen-bond acceptors (Lipinski definition) is 3. The molecule has 120 valence electrons. The number of aliphatic hydroxyl groups is 1. The standard InChI is InChI=1S/C18H25NO3/c1-11-6-12(4-5-17(11)22-3)18(21)19(2)15-7-13-9-16(20)10-14(13)8-15/h4-6,13-16,20H,7-10H2,1-3H3/t13-,14+,15?,16?. The average molecular weight is 303 g/mol. The summed E-state index contributed by atoms with van der Waals surface area (Å²) in [5.41, 5.74) is 1.70. The van der Waals surface area contributed by atoms with E-state index in [0.717, 1.165) is 42.6 Å². The molecule has 2 aliphatic rings. The van der Waals surface area contributed by atoms with Crippen LogP contribution < -0.4 is 4.74 Å². The lowest BCUT2D eigenvalue weighted by Crippen LogP contribution is -2.36. The van der Waals surface area contributed by atoms with E-state index in [4.69, 9.17) is 4.74 Å². The van der Waals surface area contributed by atoms with Crippen molar-refractivity contribution in [3.8, 4) is 5.75 Å². The minimum absolute atomic E-state index is 0.0799. The van der Waals surface area contributed by atoms with E-state index in [0.29, 0.717) is 17.9 Å². The van der Waals surface area contributed by atoms with Crippen LogP contribution in [0.5, 0.6) is 5.75 Å². The molecule has 2 aliphatic carbocycles. The van der Waals surface area contributed by atoms with Gasteiger partial charge in [0.05, 0.1) is 13.2 Å². The topological polar surface area (TPSA) is 49.8 Å². The molecule has 1 amide bonds. The van der Waals surface area contributed by atoms with Crippen LogP contribution in [-0.4, -0.2) is 42.2 Å². The smallest absolute Gasteiger partial charge is 0.253 e. The number of hydrogen-bond donors (Lipinski definition) is 1. The fraction of sp³-hybridized carbons (Fsp3) is 0.611. The van der Waals surface area contributed by atoms with Crippen LogP contribution in [0.3, 0.4) is 0 Å². The summed E-state index contributed by atoms with van der Waals surface area (Å²) >= 11 is 0. The number of ether oxygens (including phenoxy) is 1. The Hall–Kier alpha value is -1.55. The number of methoxy groups -OCH3 is 1. The van der Waals surface area contributed by atoms with Crippen LogP contribution in [0.25, 0.3) is 0 Å². The van der Waals surface area contributed by atoms with E-state index in [9.17, 15) is 9.90 Å². The number of aliphatic hydroxyl groups excluding tert-OH is 1. The summed E-state index contributed by atoms with van der Waals surface area (Å²) in [6, 6.07) is 5.90. The Bertz CT molecular complexity index is 557. The van der Waals surface area contributed by atoms with Crippen LogP contribution in [0.15, 0.2) is 18.2 Å². The Morgan fingerprint density at radius 2 is 1.86 bits per heavy atom. The molecule has 2 unspecified atom stereocenters. The van der Waals surface area contributed by atoms with Gasteiger partial charge in [-0.05, 0) is 68.2 Å². The normalized spacial score (nSPS) is 30.2. The molecule has 1 aromatic rings. The molecule has 0 heterocycles. The fourth-order valence-corrected chi connectivity index (χ4v) is 4.25. The number of carbonyl (C=O) groups is 1. The summed E-state index contributed by atoms with van der Waals surface area (Å²) in [6.07, 6.45) is 3.75. The minimum atomic E-state index is -0.124. The first kappa shape index (κ1) is 15.3. The van der Waals surface area contributed by atoms with Gasteiger partial charge in [-0.3, -0.25) is 4.79 Å². The van der Waals surface area contributed by atoms with Gasteiger partial charge in [-0.1, -0.05) is 0 Å². The number of aryl methyl sites for hydroxylation is 1. The molecule has 0 aromatic heterocycles. The van der Waals surface area contributed by atoms with Crippen LogP contribution in [0.2, 0.25) is 0 Å². The largest absolute Gasteiger partial charge is 0.496 e. The van der Waals surface area contributed by atoms with Crippen molar-refractivity contribution in [3.05, 3.63) is 29.3 Å². The molecule has 22 heavy (non-hydrogen) atoms. The molecular formula is C18H25NO3. The van der Waals surface area contributed by atoms with Gasteiger partial charge in [0.1, 0.15) is 5.75 Å². The molecule has 4 nitrogen and oxygen atoms in total. The first-order chi connectivity index (χ1) is 10.5. The van der Waals surface area contributed by atoms with Crippen molar-refractivity contribution in [3.63, 3.8) is 0 Å². The maximum Gasteiger partial charge on any atom is 0.253 e. The molecule has 0 bridgehead atoms. The number of rotatable bonds is 3. The molecule has 1 N–H and O–H groups in total. The van der Waals surface area contributed by atoms with Crippen LogP contribution in [0, 0.1) is 18.8 Å². The van der Waals surface area contributed by atoms with E-state index in [-0.39, 0.29) is 12.0 Å². The van der Waals surface area contributed by atoms with Gasteiger partial charge in [0.25, 0.3) is 5.91 Å². The van der Waals surface area contributed by atoms with Crippen molar-refractivity contribution in [2.45, 2.75) is 44.8 Å². The van der Waals surface area contributed by atoms with Gasteiger partial charge in [-0.2, -0.15) is 0 Å². The van der Waals surface area contributed by atoms with Crippen molar-refractivity contribution in [2.24, 2.45) is 11.8 Å². The Morgan fingerprint density at radius 3 is 2.41 bits per heavy atom. The minimum Gasteiger partial charge on any atom is -0.496 e. The molecule has 0 aliphatic heterocycles. The highest BCUT2D eigenvalue weighted by molar-refractivity contribution is 5.94. The second-order valence-corrected chi connectivity index (χ2v) is 6.87. The average Bonchev–Trinajstić information content (AvgIpc) is 3.02. The summed E-state index contributed by atoms with van der Waals surface area (Å²) in [5, 5.41) is 9.73. The van der Waals surface area contributed by atoms with Crippen molar-refractivity contribution < 1.29 is 14.6 Å². The lowest BCUT2D eigenvalue weighted by molar-refractivity contribution is 0.0722. The highest BCUT2D eigenvalue weighted by atomic mass is 16.5. The van der Waals surface area contributed by atoms with Gasteiger partial charge >= 0.3 is 0 Å². The van der Waals surface area contributed by atoms with Crippen molar-refractivity contribution in [1.29, 1.82) is 0 Å². The summed E-state index contributed by atoms with van der Waals surface area (Å²) < 4.78 is 5.25. The highest BCUT2D eigenvalue weighted by Crippen LogP contribution is 2.45. The van der Waals surface area contributed by atoms with E-state index in [1.165, 1.54) is 0 Å². The quantitative estimate of drug-likeness (QED) is 0.934. The predicted molar refractivity (Wildman–Crippen MR) is 85.1 cm³/mol. The first-order valence-corrected chi connectivity index (χ1v) is 8.09. The van der Waals surface area contributed by atoms with E-state index in [1.54, 1.807) is 7.11 Å².